The fourth-order valence-corrected chi connectivity index (χ4v) is 6.47. The lowest BCUT2D eigenvalue weighted by Gasteiger charge is -2.40. The number of rotatable bonds is 6. The number of methoxy groups -OCH3 is 1. The number of nitrogens with zero attached hydrogens (tertiary/aromatic N) is 3. The highest BCUT2D eigenvalue weighted by Gasteiger charge is 2.56. The number of benzene rings is 1. The molecule has 0 unspecified atom stereocenters. The molecule has 0 aromatic heterocycles. The Morgan fingerprint density at radius 2 is 1.74 bits per heavy atom. The lowest BCUT2D eigenvalue weighted by Crippen LogP contribution is -2.51. The van der Waals surface area contributed by atoms with Crippen molar-refractivity contribution in [1.82, 2.24) is 14.7 Å². The van der Waals surface area contributed by atoms with E-state index in [2.05, 4.69) is 4.90 Å². The molecule has 35 heavy (non-hydrogen) atoms. The number of ether oxygens (including phenoxy) is 2. The van der Waals surface area contributed by atoms with E-state index < -0.39 is 5.41 Å². The van der Waals surface area contributed by atoms with Crippen molar-refractivity contribution >= 4 is 17.7 Å². The van der Waals surface area contributed by atoms with Crippen LogP contribution in [0.15, 0.2) is 24.3 Å². The zero-order chi connectivity index (χ0) is 24.4. The van der Waals surface area contributed by atoms with E-state index in [1.54, 1.807) is 7.11 Å². The molecule has 0 bridgehead atoms. The number of hydrogen-bond acceptors (Lipinski definition) is 6. The molecule has 0 N–H and O–H groups in total. The molecule has 0 spiro atoms. The maximum atomic E-state index is 14.0. The van der Waals surface area contributed by atoms with Gasteiger partial charge >= 0.3 is 0 Å². The van der Waals surface area contributed by atoms with Crippen LogP contribution in [0, 0.1) is 0 Å². The highest BCUT2D eigenvalue weighted by Crippen LogP contribution is 2.44. The number of morpholine rings is 1. The van der Waals surface area contributed by atoms with Gasteiger partial charge in [0.2, 0.25) is 17.7 Å². The molecule has 1 atom stereocenters. The van der Waals surface area contributed by atoms with Crippen molar-refractivity contribution in [2.45, 2.75) is 68.9 Å². The topological polar surface area (TPSA) is 79.4 Å². The van der Waals surface area contributed by atoms with Gasteiger partial charge in [0, 0.05) is 51.1 Å². The number of piperidine rings is 1. The SMILES string of the molecule is COc1cccc([C@]2(CC(=O)N3CCC(N4CCOCC4)CC3)CC(=O)N(C3CCCC3)C2=O)c1. The van der Waals surface area contributed by atoms with E-state index in [4.69, 9.17) is 9.47 Å². The third-order valence-electron chi connectivity index (χ3n) is 8.49. The maximum absolute atomic E-state index is 14.0. The molecule has 190 valence electrons. The highest BCUT2D eigenvalue weighted by molar-refractivity contribution is 6.11. The van der Waals surface area contributed by atoms with Gasteiger partial charge in [-0.1, -0.05) is 25.0 Å². The standard InChI is InChI=1S/C27H37N3O5/c1-34-23-8-4-5-20(17-23)27(19-25(32)30(26(27)33)22-6-2-3-7-22)18-24(31)29-11-9-21(10-12-29)28-13-15-35-16-14-28/h4-5,8,17,21-22H,2-3,6-7,9-16,18-19H2,1H3/t27-/m0/s1. The van der Waals surface area contributed by atoms with Gasteiger partial charge < -0.3 is 14.4 Å². The van der Waals surface area contributed by atoms with Gasteiger partial charge in [0.1, 0.15) is 5.75 Å². The number of hydrogen-bond donors (Lipinski definition) is 0. The lowest BCUT2D eigenvalue weighted by molar-refractivity contribution is -0.145. The van der Waals surface area contributed by atoms with Gasteiger partial charge in [-0.25, -0.2) is 0 Å². The minimum Gasteiger partial charge on any atom is -0.497 e. The molecule has 3 amide bonds. The van der Waals surface area contributed by atoms with Crippen molar-refractivity contribution in [1.29, 1.82) is 0 Å². The van der Waals surface area contributed by atoms with Crippen molar-refractivity contribution in [3.63, 3.8) is 0 Å². The number of amides is 3. The maximum Gasteiger partial charge on any atom is 0.241 e. The average molecular weight is 484 g/mol. The lowest BCUT2D eigenvalue weighted by atomic mass is 9.75. The van der Waals surface area contributed by atoms with Crippen LogP contribution in [0.4, 0.5) is 0 Å². The molecular formula is C27H37N3O5. The summed E-state index contributed by atoms with van der Waals surface area (Å²) in [7, 11) is 1.59. The Hall–Kier alpha value is -2.45. The summed E-state index contributed by atoms with van der Waals surface area (Å²) >= 11 is 0. The second kappa shape index (κ2) is 10.3. The van der Waals surface area contributed by atoms with Gasteiger partial charge in [0.05, 0.1) is 25.7 Å². The fraction of sp³-hybridized carbons (Fsp3) is 0.667. The molecule has 1 aromatic rings. The zero-order valence-electron chi connectivity index (χ0n) is 20.7. The molecule has 1 aromatic carbocycles. The first kappa shape index (κ1) is 24.3. The van der Waals surface area contributed by atoms with Crippen molar-refractivity contribution in [3.8, 4) is 5.75 Å². The molecule has 8 heteroatoms. The second-order valence-electron chi connectivity index (χ2n) is 10.4. The van der Waals surface area contributed by atoms with Crippen LogP contribution >= 0.6 is 0 Å². The van der Waals surface area contributed by atoms with Crippen molar-refractivity contribution in [2.24, 2.45) is 0 Å². The largest absolute Gasteiger partial charge is 0.497 e. The van der Waals surface area contributed by atoms with E-state index in [1.807, 2.05) is 29.2 Å². The Labute approximate surface area is 207 Å². The van der Waals surface area contributed by atoms with E-state index in [9.17, 15) is 14.4 Å². The third-order valence-corrected chi connectivity index (χ3v) is 8.49. The van der Waals surface area contributed by atoms with Crippen LogP contribution in [0.2, 0.25) is 0 Å². The van der Waals surface area contributed by atoms with E-state index in [0.29, 0.717) is 30.4 Å². The third kappa shape index (κ3) is 4.70. The first-order valence-electron chi connectivity index (χ1n) is 13.1. The first-order chi connectivity index (χ1) is 17.0. The molecule has 3 heterocycles. The number of likely N-dealkylation sites (tertiary alicyclic amines) is 2. The Bertz CT molecular complexity index is 948. The smallest absolute Gasteiger partial charge is 0.241 e. The van der Waals surface area contributed by atoms with Crippen LogP contribution in [0.5, 0.6) is 5.75 Å². The molecule has 1 aliphatic carbocycles. The Morgan fingerprint density at radius 1 is 1.03 bits per heavy atom. The molecule has 3 aliphatic heterocycles. The number of carbonyl (C=O) groups is 3. The van der Waals surface area contributed by atoms with Gasteiger partial charge in [-0.15, -0.1) is 0 Å². The minimum atomic E-state index is -1.16. The van der Waals surface area contributed by atoms with Crippen molar-refractivity contribution < 1.29 is 23.9 Å². The van der Waals surface area contributed by atoms with Crippen molar-refractivity contribution in [3.05, 3.63) is 29.8 Å². The summed E-state index contributed by atoms with van der Waals surface area (Å²) in [5.74, 6) is 0.227. The van der Waals surface area contributed by atoms with E-state index in [1.165, 1.54) is 4.90 Å². The number of imide groups is 1. The molecule has 4 fully saturated rings. The molecule has 8 nitrogen and oxygen atoms in total. The highest BCUT2D eigenvalue weighted by atomic mass is 16.5. The van der Waals surface area contributed by atoms with Gasteiger partial charge in [-0.05, 0) is 43.4 Å². The van der Waals surface area contributed by atoms with Crippen LogP contribution in [-0.2, 0) is 24.5 Å². The van der Waals surface area contributed by atoms with Crippen LogP contribution in [0.3, 0.4) is 0 Å². The van der Waals surface area contributed by atoms with E-state index in [0.717, 1.165) is 64.8 Å². The zero-order valence-corrected chi connectivity index (χ0v) is 20.7. The van der Waals surface area contributed by atoms with E-state index in [-0.39, 0.29) is 36.6 Å². The quantitative estimate of drug-likeness (QED) is 0.578. The van der Waals surface area contributed by atoms with Crippen molar-refractivity contribution in [2.75, 3.05) is 46.5 Å². The first-order valence-corrected chi connectivity index (χ1v) is 13.1. The molecule has 3 saturated heterocycles. The summed E-state index contributed by atoms with van der Waals surface area (Å²) < 4.78 is 10.9. The monoisotopic (exact) mass is 483 g/mol. The predicted octanol–water partition coefficient (Wildman–Crippen LogP) is 2.35. The van der Waals surface area contributed by atoms with Crippen LogP contribution in [0.1, 0.15) is 56.9 Å². The van der Waals surface area contributed by atoms with Gasteiger partial charge in [0.25, 0.3) is 0 Å². The predicted molar refractivity (Wildman–Crippen MR) is 130 cm³/mol. The van der Waals surface area contributed by atoms with Crippen LogP contribution in [-0.4, -0.2) is 91.0 Å². The molecular weight excluding hydrogens is 446 g/mol. The minimum absolute atomic E-state index is 0.0240. The summed E-state index contributed by atoms with van der Waals surface area (Å²) in [6, 6.07) is 7.78. The molecule has 5 rings (SSSR count). The van der Waals surface area contributed by atoms with Crippen LogP contribution < -0.4 is 4.74 Å². The van der Waals surface area contributed by atoms with Gasteiger partial charge in [-0.2, -0.15) is 0 Å². The van der Waals surface area contributed by atoms with Crippen LogP contribution in [0.25, 0.3) is 0 Å². The second-order valence-corrected chi connectivity index (χ2v) is 10.4. The summed E-state index contributed by atoms with van der Waals surface area (Å²) in [5, 5.41) is 0. The summed E-state index contributed by atoms with van der Waals surface area (Å²) in [5.41, 5.74) is -0.459. The summed E-state index contributed by atoms with van der Waals surface area (Å²) in [4.78, 5) is 46.7. The van der Waals surface area contributed by atoms with Gasteiger partial charge in [-0.3, -0.25) is 24.2 Å². The fourth-order valence-electron chi connectivity index (χ4n) is 6.47. The Kier molecular flexibility index (Phi) is 7.12. The summed E-state index contributed by atoms with van der Waals surface area (Å²) in [6.07, 6.45) is 5.71. The Morgan fingerprint density at radius 3 is 2.43 bits per heavy atom. The van der Waals surface area contributed by atoms with Gasteiger partial charge in [0.15, 0.2) is 0 Å². The average Bonchev–Trinajstić information content (AvgIpc) is 3.51. The molecule has 4 aliphatic rings. The summed E-state index contributed by atoms with van der Waals surface area (Å²) in [6.45, 7) is 4.81. The van der Waals surface area contributed by atoms with E-state index >= 15 is 0 Å². The Balaban J connectivity index is 1.35. The normalized spacial score (nSPS) is 27.1. The number of carbonyl (C=O) groups excluding carboxylic acids is 3. The molecule has 1 saturated carbocycles. The molecule has 0 radical (unpaired) electrons.